The van der Waals surface area contributed by atoms with Gasteiger partial charge in [0.05, 0.1) is 0 Å². The summed E-state index contributed by atoms with van der Waals surface area (Å²) in [5, 5.41) is 0. The molecule has 0 radical (unpaired) electrons. The van der Waals surface area contributed by atoms with Crippen LogP contribution < -0.4 is 5.73 Å². The molecule has 3 aromatic carbocycles. The molecular weight excluding hydrogens is 344 g/mol. The summed E-state index contributed by atoms with van der Waals surface area (Å²) in [7, 11) is 0. The van der Waals surface area contributed by atoms with Crippen LogP contribution in [-0.2, 0) is 6.54 Å². The van der Waals surface area contributed by atoms with Crippen molar-refractivity contribution in [3.05, 3.63) is 96.1 Å². The number of primary amides is 1. The molecule has 28 heavy (non-hydrogen) atoms. The van der Waals surface area contributed by atoms with Gasteiger partial charge in [-0.1, -0.05) is 85.3 Å². The minimum absolute atomic E-state index is 0.394. The van der Waals surface area contributed by atoms with Gasteiger partial charge in [-0.05, 0) is 48.7 Å². The molecule has 0 aliphatic carbocycles. The van der Waals surface area contributed by atoms with E-state index >= 15 is 0 Å². The van der Waals surface area contributed by atoms with E-state index in [-0.39, 0.29) is 0 Å². The molecule has 1 saturated heterocycles. The van der Waals surface area contributed by atoms with Gasteiger partial charge in [-0.25, -0.2) is 0 Å². The Kier molecular flexibility index (Phi) is 7.39. The Labute approximate surface area is 167 Å². The highest BCUT2D eigenvalue weighted by Gasteiger charge is 2.09. The van der Waals surface area contributed by atoms with E-state index in [9.17, 15) is 4.79 Å². The zero-order chi connectivity index (χ0) is 19.6. The SMILES string of the molecule is NC(=O)c1ccccc1-c1ccccc1.c1ccc(CN2CCCCC2)cc1. The van der Waals surface area contributed by atoms with Crippen molar-refractivity contribution in [2.75, 3.05) is 13.1 Å². The van der Waals surface area contributed by atoms with E-state index in [0.29, 0.717) is 5.56 Å². The van der Waals surface area contributed by atoms with Crippen LogP contribution in [0.4, 0.5) is 0 Å². The minimum Gasteiger partial charge on any atom is -0.366 e. The van der Waals surface area contributed by atoms with E-state index in [1.54, 1.807) is 6.07 Å². The minimum atomic E-state index is -0.394. The van der Waals surface area contributed by atoms with E-state index in [0.717, 1.165) is 17.7 Å². The number of carbonyl (C=O) groups excluding carboxylic acids is 1. The average molecular weight is 373 g/mol. The highest BCUT2D eigenvalue weighted by Crippen LogP contribution is 2.22. The molecule has 144 valence electrons. The van der Waals surface area contributed by atoms with Crippen LogP contribution in [0.2, 0.25) is 0 Å². The molecule has 1 amide bonds. The van der Waals surface area contributed by atoms with Crippen molar-refractivity contribution in [1.29, 1.82) is 0 Å². The summed E-state index contributed by atoms with van der Waals surface area (Å²) in [6, 6.07) is 27.9. The molecule has 0 aromatic heterocycles. The second-order valence-corrected chi connectivity index (χ2v) is 7.10. The lowest BCUT2D eigenvalue weighted by molar-refractivity contribution is 0.100. The van der Waals surface area contributed by atoms with E-state index in [1.165, 1.54) is 37.9 Å². The van der Waals surface area contributed by atoms with Crippen LogP contribution in [0.15, 0.2) is 84.9 Å². The lowest BCUT2D eigenvalue weighted by Crippen LogP contribution is -2.28. The Hall–Kier alpha value is -2.91. The van der Waals surface area contributed by atoms with Gasteiger partial charge in [0.1, 0.15) is 0 Å². The number of likely N-dealkylation sites (tertiary alicyclic amines) is 1. The van der Waals surface area contributed by atoms with Gasteiger partial charge in [-0.3, -0.25) is 9.69 Å². The zero-order valence-electron chi connectivity index (χ0n) is 16.3. The third-order valence-corrected chi connectivity index (χ3v) is 4.98. The quantitative estimate of drug-likeness (QED) is 0.690. The lowest BCUT2D eigenvalue weighted by atomic mass is 9.99. The van der Waals surface area contributed by atoms with Crippen LogP contribution in [0.5, 0.6) is 0 Å². The molecule has 3 nitrogen and oxygen atoms in total. The molecule has 1 aliphatic heterocycles. The number of nitrogens with two attached hydrogens (primary N) is 1. The van der Waals surface area contributed by atoms with Crippen molar-refractivity contribution in [2.45, 2.75) is 25.8 Å². The van der Waals surface area contributed by atoms with Crippen LogP contribution in [0.3, 0.4) is 0 Å². The van der Waals surface area contributed by atoms with E-state index in [2.05, 4.69) is 35.2 Å². The van der Waals surface area contributed by atoms with Gasteiger partial charge in [-0.15, -0.1) is 0 Å². The van der Waals surface area contributed by atoms with Crippen molar-refractivity contribution in [3.63, 3.8) is 0 Å². The number of hydrogen-bond donors (Lipinski definition) is 1. The van der Waals surface area contributed by atoms with Gasteiger partial charge >= 0.3 is 0 Å². The predicted molar refractivity (Wildman–Crippen MR) is 116 cm³/mol. The number of carbonyl (C=O) groups is 1. The maximum absolute atomic E-state index is 11.2. The fourth-order valence-corrected chi connectivity index (χ4v) is 3.53. The first-order chi connectivity index (χ1) is 13.7. The summed E-state index contributed by atoms with van der Waals surface area (Å²) < 4.78 is 0. The van der Waals surface area contributed by atoms with Gasteiger partial charge in [0.2, 0.25) is 5.91 Å². The summed E-state index contributed by atoms with van der Waals surface area (Å²) in [6.45, 7) is 3.71. The number of piperidine rings is 1. The van der Waals surface area contributed by atoms with Crippen LogP contribution >= 0.6 is 0 Å². The van der Waals surface area contributed by atoms with Gasteiger partial charge < -0.3 is 5.73 Å². The first-order valence-corrected chi connectivity index (χ1v) is 9.94. The van der Waals surface area contributed by atoms with Gasteiger partial charge in [0, 0.05) is 12.1 Å². The highest BCUT2D eigenvalue weighted by atomic mass is 16.1. The molecule has 2 N–H and O–H groups in total. The first kappa shape index (κ1) is 19.8. The van der Waals surface area contributed by atoms with Crippen LogP contribution in [0, 0.1) is 0 Å². The Balaban J connectivity index is 0.000000162. The number of amides is 1. The largest absolute Gasteiger partial charge is 0.366 e. The van der Waals surface area contributed by atoms with E-state index < -0.39 is 5.91 Å². The number of hydrogen-bond acceptors (Lipinski definition) is 2. The molecule has 3 heteroatoms. The second kappa shape index (κ2) is 10.4. The average Bonchev–Trinajstić information content (AvgIpc) is 2.76. The third-order valence-electron chi connectivity index (χ3n) is 4.98. The van der Waals surface area contributed by atoms with Crippen molar-refractivity contribution in [2.24, 2.45) is 5.73 Å². The van der Waals surface area contributed by atoms with Crippen molar-refractivity contribution in [3.8, 4) is 11.1 Å². The van der Waals surface area contributed by atoms with Crippen LogP contribution in [0.25, 0.3) is 11.1 Å². The van der Waals surface area contributed by atoms with Crippen LogP contribution in [0.1, 0.15) is 35.2 Å². The maximum atomic E-state index is 11.2. The summed E-state index contributed by atoms with van der Waals surface area (Å²) in [6.07, 6.45) is 4.19. The topological polar surface area (TPSA) is 46.3 Å². The summed E-state index contributed by atoms with van der Waals surface area (Å²) >= 11 is 0. The van der Waals surface area contributed by atoms with E-state index in [4.69, 9.17) is 5.73 Å². The molecule has 4 rings (SSSR count). The summed E-state index contributed by atoms with van der Waals surface area (Å²) in [5.41, 5.74) is 9.21. The molecule has 0 atom stereocenters. The number of benzene rings is 3. The number of rotatable bonds is 4. The molecule has 0 bridgehead atoms. The molecule has 0 unspecified atom stereocenters. The summed E-state index contributed by atoms with van der Waals surface area (Å²) in [4.78, 5) is 13.8. The van der Waals surface area contributed by atoms with Gasteiger partial charge in [-0.2, -0.15) is 0 Å². The normalized spacial score (nSPS) is 14.0. The Morgan fingerprint density at radius 2 is 1.32 bits per heavy atom. The van der Waals surface area contributed by atoms with Crippen LogP contribution in [-0.4, -0.2) is 23.9 Å². The predicted octanol–water partition coefficient (Wildman–Crippen LogP) is 5.13. The monoisotopic (exact) mass is 372 g/mol. The zero-order valence-corrected chi connectivity index (χ0v) is 16.3. The maximum Gasteiger partial charge on any atom is 0.249 e. The molecular formula is C25H28N2O. The molecule has 0 saturated carbocycles. The van der Waals surface area contributed by atoms with Crippen molar-refractivity contribution < 1.29 is 4.79 Å². The Bertz CT molecular complexity index is 856. The molecule has 1 aliphatic rings. The smallest absolute Gasteiger partial charge is 0.249 e. The number of nitrogens with zero attached hydrogens (tertiary/aromatic N) is 1. The van der Waals surface area contributed by atoms with Crippen molar-refractivity contribution >= 4 is 5.91 Å². The Morgan fingerprint density at radius 3 is 1.96 bits per heavy atom. The molecule has 0 spiro atoms. The summed E-state index contributed by atoms with van der Waals surface area (Å²) in [5.74, 6) is -0.394. The highest BCUT2D eigenvalue weighted by molar-refractivity contribution is 5.99. The van der Waals surface area contributed by atoms with Gasteiger partial charge in [0.25, 0.3) is 0 Å². The fraction of sp³-hybridized carbons (Fsp3) is 0.240. The van der Waals surface area contributed by atoms with Crippen molar-refractivity contribution in [1.82, 2.24) is 4.90 Å². The Morgan fingerprint density at radius 1 is 0.750 bits per heavy atom. The third kappa shape index (κ3) is 5.80. The second-order valence-electron chi connectivity index (χ2n) is 7.10. The molecule has 1 heterocycles. The molecule has 3 aromatic rings. The molecule has 1 fully saturated rings. The van der Waals surface area contributed by atoms with Gasteiger partial charge in [0.15, 0.2) is 0 Å². The fourth-order valence-electron chi connectivity index (χ4n) is 3.53. The first-order valence-electron chi connectivity index (χ1n) is 9.94. The standard InChI is InChI=1S/C13H11NO.C12H17N/c14-13(15)12-9-5-4-8-11(12)10-6-2-1-3-7-10;1-3-7-12(8-4-1)11-13-9-5-2-6-10-13/h1-9H,(H2,14,15);1,3-4,7-8H,2,5-6,9-11H2. The lowest BCUT2D eigenvalue weighted by Gasteiger charge is -2.26. The van der Waals surface area contributed by atoms with E-state index in [1.807, 2.05) is 48.5 Å².